The third kappa shape index (κ3) is 2.64. The van der Waals surface area contributed by atoms with Gasteiger partial charge in [-0.15, -0.1) is 0 Å². The van der Waals surface area contributed by atoms with E-state index in [2.05, 4.69) is 18.7 Å². The molecular formula is C13H23NO2. The third-order valence-corrected chi connectivity index (χ3v) is 3.97. The van der Waals surface area contributed by atoms with Crippen LogP contribution in [-0.2, 0) is 9.53 Å². The molecule has 0 amide bonds. The fourth-order valence-electron chi connectivity index (χ4n) is 2.75. The van der Waals surface area contributed by atoms with Crippen LogP contribution in [0.2, 0.25) is 0 Å². The predicted molar refractivity (Wildman–Crippen MR) is 63.4 cm³/mol. The van der Waals surface area contributed by atoms with Gasteiger partial charge in [0.05, 0.1) is 19.8 Å². The standard InChI is InChI=1S/C13H23NO2/c1-13(2)10-16-8-7-14(13)9-12(15)11-5-3-4-6-11/h11H,3-10H2,1-2H3. The summed E-state index contributed by atoms with van der Waals surface area (Å²) in [5.41, 5.74) is 0.0204. The zero-order valence-electron chi connectivity index (χ0n) is 10.5. The minimum Gasteiger partial charge on any atom is -0.378 e. The van der Waals surface area contributed by atoms with Crippen molar-refractivity contribution in [2.45, 2.75) is 45.1 Å². The van der Waals surface area contributed by atoms with Crippen molar-refractivity contribution in [3.8, 4) is 0 Å². The SMILES string of the molecule is CC1(C)COCCN1CC(=O)C1CCCC1. The molecule has 0 atom stereocenters. The third-order valence-electron chi connectivity index (χ3n) is 3.97. The van der Waals surface area contributed by atoms with Crippen LogP contribution >= 0.6 is 0 Å². The van der Waals surface area contributed by atoms with E-state index in [-0.39, 0.29) is 5.54 Å². The Labute approximate surface area is 98.1 Å². The van der Waals surface area contributed by atoms with Crippen LogP contribution in [0.25, 0.3) is 0 Å². The summed E-state index contributed by atoms with van der Waals surface area (Å²) in [6.45, 7) is 7.35. The molecule has 16 heavy (non-hydrogen) atoms. The first-order valence-corrected chi connectivity index (χ1v) is 6.45. The summed E-state index contributed by atoms with van der Waals surface area (Å²) in [4.78, 5) is 14.4. The first kappa shape index (κ1) is 12.1. The van der Waals surface area contributed by atoms with E-state index in [1.807, 2.05) is 0 Å². The van der Waals surface area contributed by atoms with Gasteiger partial charge in [0.15, 0.2) is 0 Å². The molecule has 3 nitrogen and oxygen atoms in total. The van der Waals surface area contributed by atoms with Crippen LogP contribution in [0.15, 0.2) is 0 Å². The van der Waals surface area contributed by atoms with Gasteiger partial charge in [0.2, 0.25) is 0 Å². The quantitative estimate of drug-likeness (QED) is 0.734. The fourth-order valence-corrected chi connectivity index (χ4v) is 2.75. The number of hydrogen-bond acceptors (Lipinski definition) is 3. The first-order valence-electron chi connectivity index (χ1n) is 6.45. The molecule has 1 aliphatic carbocycles. The van der Waals surface area contributed by atoms with Crippen LogP contribution in [0.4, 0.5) is 0 Å². The number of morpholine rings is 1. The summed E-state index contributed by atoms with van der Waals surface area (Å²) < 4.78 is 5.47. The Morgan fingerprint density at radius 2 is 2.06 bits per heavy atom. The number of hydrogen-bond donors (Lipinski definition) is 0. The van der Waals surface area contributed by atoms with Gasteiger partial charge in [-0.3, -0.25) is 9.69 Å². The van der Waals surface area contributed by atoms with Crippen molar-refractivity contribution in [2.75, 3.05) is 26.3 Å². The molecule has 2 fully saturated rings. The molecule has 1 saturated heterocycles. The minimum atomic E-state index is 0.0204. The number of nitrogens with zero attached hydrogens (tertiary/aromatic N) is 1. The van der Waals surface area contributed by atoms with Crippen LogP contribution in [0, 0.1) is 5.92 Å². The van der Waals surface area contributed by atoms with Gasteiger partial charge in [0.25, 0.3) is 0 Å². The summed E-state index contributed by atoms with van der Waals surface area (Å²) in [6, 6.07) is 0. The minimum absolute atomic E-state index is 0.0204. The fraction of sp³-hybridized carbons (Fsp3) is 0.923. The molecule has 0 radical (unpaired) electrons. The van der Waals surface area contributed by atoms with Crippen LogP contribution in [0.1, 0.15) is 39.5 Å². The van der Waals surface area contributed by atoms with Gasteiger partial charge < -0.3 is 4.74 Å². The zero-order valence-corrected chi connectivity index (χ0v) is 10.5. The summed E-state index contributed by atoms with van der Waals surface area (Å²) in [5.74, 6) is 0.797. The molecule has 0 aromatic carbocycles. The molecule has 0 spiro atoms. The van der Waals surface area contributed by atoms with Crippen molar-refractivity contribution in [3.63, 3.8) is 0 Å². The smallest absolute Gasteiger partial charge is 0.149 e. The number of carbonyl (C=O) groups is 1. The van der Waals surface area contributed by atoms with Crippen molar-refractivity contribution < 1.29 is 9.53 Å². The monoisotopic (exact) mass is 225 g/mol. The lowest BCUT2D eigenvalue weighted by Gasteiger charge is -2.42. The normalized spacial score (nSPS) is 27.1. The molecule has 0 bridgehead atoms. The Bertz CT molecular complexity index is 257. The van der Waals surface area contributed by atoms with Crippen LogP contribution in [0.3, 0.4) is 0 Å². The number of ketones is 1. The second kappa shape index (κ2) is 4.84. The maximum absolute atomic E-state index is 12.1. The lowest BCUT2D eigenvalue weighted by molar-refractivity contribution is -0.128. The predicted octanol–water partition coefficient (Wildman–Crippen LogP) is 1.86. The van der Waals surface area contributed by atoms with Gasteiger partial charge in [-0.1, -0.05) is 12.8 Å². The van der Waals surface area contributed by atoms with Gasteiger partial charge in [-0.25, -0.2) is 0 Å². The number of carbonyl (C=O) groups excluding carboxylic acids is 1. The summed E-state index contributed by atoms with van der Waals surface area (Å²) in [6.07, 6.45) is 4.71. The molecule has 0 aromatic rings. The second-order valence-electron chi connectivity index (χ2n) is 5.73. The van der Waals surface area contributed by atoms with Crippen LogP contribution < -0.4 is 0 Å². The molecule has 2 aliphatic rings. The number of rotatable bonds is 3. The summed E-state index contributed by atoms with van der Waals surface area (Å²) >= 11 is 0. The molecule has 0 aromatic heterocycles. The van der Waals surface area contributed by atoms with Crippen molar-refractivity contribution in [3.05, 3.63) is 0 Å². The average Bonchev–Trinajstić information content (AvgIpc) is 2.74. The van der Waals surface area contributed by atoms with E-state index in [1.165, 1.54) is 12.8 Å². The number of ether oxygens (including phenoxy) is 1. The van der Waals surface area contributed by atoms with Crippen LogP contribution in [-0.4, -0.2) is 42.5 Å². The Morgan fingerprint density at radius 3 is 2.69 bits per heavy atom. The van der Waals surface area contributed by atoms with Gasteiger partial charge in [0.1, 0.15) is 5.78 Å². The molecular weight excluding hydrogens is 202 g/mol. The van der Waals surface area contributed by atoms with E-state index >= 15 is 0 Å². The van der Waals surface area contributed by atoms with E-state index < -0.39 is 0 Å². The van der Waals surface area contributed by atoms with Crippen molar-refractivity contribution in [1.29, 1.82) is 0 Å². The molecule has 0 unspecified atom stereocenters. The highest BCUT2D eigenvalue weighted by Gasteiger charge is 2.33. The van der Waals surface area contributed by atoms with E-state index in [0.717, 1.165) is 32.6 Å². The first-order chi connectivity index (χ1) is 7.59. The highest BCUT2D eigenvalue weighted by Crippen LogP contribution is 2.27. The maximum Gasteiger partial charge on any atom is 0.149 e. The largest absolute Gasteiger partial charge is 0.378 e. The molecule has 0 N–H and O–H groups in total. The lowest BCUT2D eigenvalue weighted by Crippen LogP contribution is -2.54. The van der Waals surface area contributed by atoms with Crippen molar-refractivity contribution >= 4 is 5.78 Å². The van der Waals surface area contributed by atoms with Gasteiger partial charge in [-0.05, 0) is 26.7 Å². The highest BCUT2D eigenvalue weighted by molar-refractivity contribution is 5.83. The lowest BCUT2D eigenvalue weighted by atomic mass is 9.98. The maximum atomic E-state index is 12.1. The second-order valence-corrected chi connectivity index (χ2v) is 5.73. The van der Waals surface area contributed by atoms with E-state index in [4.69, 9.17) is 4.74 Å². The van der Waals surface area contributed by atoms with Gasteiger partial charge in [0, 0.05) is 18.0 Å². The van der Waals surface area contributed by atoms with Crippen molar-refractivity contribution in [1.82, 2.24) is 4.90 Å². The Hall–Kier alpha value is -0.410. The van der Waals surface area contributed by atoms with Gasteiger partial charge in [-0.2, -0.15) is 0 Å². The number of Topliss-reactive ketones (excluding diaryl/α,β-unsaturated/α-hetero) is 1. The van der Waals surface area contributed by atoms with E-state index in [0.29, 0.717) is 18.2 Å². The molecule has 1 saturated carbocycles. The van der Waals surface area contributed by atoms with E-state index in [9.17, 15) is 4.79 Å². The molecule has 1 aliphatic heterocycles. The Morgan fingerprint density at radius 1 is 1.38 bits per heavy atom. The van der Waals surface area contributed by atoms with E-state index in [1.54, 1.807) is 0 Å². The van der Waals surface area contributed by atoms with Crippen LogP contribution in [0.5, 0.6) is 0 Å². The Kier molecular flexibility index (Phi) is 3.65. The summed E-state index contributed by atoms with van der Waals surface area (Å²) in [5, 5.41) is 0. The topological polar surface area (TPSA) is 29.5 Å². The van der Waals surface area contributed by atoms with Gasteiger partial charge >= 0.3 is 0 Å². The molecule has 3 heteroatoms. The van der Waals surface area contributed by atoms with Crippen molar-refractivity contribution in [2.24, 2.45) is 5.92 Å². The average molecular weight is 225 g/mol. The summed E-state index contributed by atoms with van der Waals surface area (Å²) in [7, 11) is 0. The molecule has 92 valence electrons. The Balaban J connectivity index is 1.89. The molecule has 2 rings (SSSR count). The molecule has 1 heterocycles. The highest BCUT2D eigenvalue weighted by atomic mass is 16.5. The zero-order chi connectivity index (χ0) is 11.6.